The molecule has 3 rings (SSSR count). The molecule has 0 amide bonds. The number of aromatic nitrogens is 2. The minimum Gasteiger partial charge on any atom is -0.329 e. The highest BCUT2D eigenvalue weighted by molar-refractivity contribution is 7.71. The highest BCUT2D eigenvalue weighted by Crippen LogP contribution is 2.32. The molecular formula is C14H13N3OS2. The van der Waals surface area contributed by atoms with E-state index in [1.807, 2.05) is 16.7 Å². The van der Waals surface area contributed by atoms with Crippen molar-refractivity contribution < 1.29 is 0 Å². The zero-order valence-corrected chi connectivity index (χ0v) is 12.3. The van der Waals surface area contributed by atoms with E-state index in [1.165, 1.54) is 4.70 Å². The number of rotatable bonds is 3. The molecule has 0 radical (unpaired) electrons. The van der Waals surface area contributed by atoms with Crippen LogP contribution in [0, 0.1) is 4.77 Å². The van der Waals surface area contributed by atoms with Crippen LogP contribution < -0.4 is 11.3 Å². The lowest BCUT2D eigenvalue weighted by atomic mass is 10.2. The molecule has 6 heteroatoms. The fraction of sp³-hybridized carbons (Fsp3) is 0.143. The van der Waals surface area contributed by atoms with Crippen molar-refractivity contribution in [2.45, 2.75) is 6.54 Å². The number of thiophene rings is 1. The van der Waals surface area contributed by atoms with E-state index in [-0.39, 0.29) is 5.56 Å². The molecule has 0 aliphatic carbocycles. The molecule has 0 fully saturated rings. The first kappa shape index (κ1) is 13.2. The van der Waals surface area contributed by atoms with Crippen LogP contribution >= 0.6 is 23.6 Å². The number of H-pyrrole nitrogens is 1. The van der Waals surface area contributed by atoms with Crippen LogP contribution in [0.15, 0.2) is 41.2 Å². The molecule has 0 saturated heterocycles. The van der Waals surface area contributed by atoms with Crippen molar-refractivity contribution in [2.75, 3.05) is 6.54 Å². The Morgan fingerprint density at radius 1 is 1.30 bits per heavy atom. The van der Waals surface area contributed by atoms with Gasteiger partial charge in [0, 0.05) is 23.9 Å². The van der Waals surface area contributed by atoms with Crippen LogP contribution in [0.3, 0.4) is 0 Å². The predicted octanol–water partition coefficient (Wildman–Crippen LogP) is 2.75. The summed E-state index contributed by atoms with van der Waals surface area (Å²) in [4.78, 5) is 15.4. The maximum Gasteiger partial charge on any atom is 0.252 e. The number of hydrogen-bond acceptors (Lipinski definition) is 4. The largest absolute Gasteiger partial charge is 0.329 e. The van der Waals surface area contributed by atoms with Crippen LogP contribution in [0.5, 0.6) is 0 Å². The minimum absolute atomic E-state index is 0.185. The van der Waals surface area contributed by atoms with Crippen molar-refractivity contribution in [3.63, 3.8) is 0 Å². The van der Waals surface area contributed by atoms with Crippen molar-refractivity contribution in [2.24, 2.45) is 5.73 Å². The van der Waals surface area contributed by atoms with Crippen molar-refractivity contribution in [3.05, 3.63) is 51.5 Å². The second kappa shape index (κ2) is 5.32. The van der Waals surface area contributed by atoms with Gasteiger partial charge < -0.3 is 10.3 Å². The highest BCUT2D eigenvalue weighted by Gasteiger charge is 2.09. The molecule has 0 atom stereocenters. The zero-order valence-electron chi connectivity index (χ0n) is 10.6. The van der Waals surface area contributed by atoms with Gasteiger partial charge in [-0.15, -0.1) is 11.3 Å². The summed E-state index contributed by atoms with van der Waals surface area (Å²) in [6.07, 6.45) is 0. The van der Waals surface area contributed by atoms with E-state index in [1.54, 1.807) is 17.4 Å². The monoisotopic (exact) mass is 303 g/mol. The molecular weight excluding hydrogens is 290 g/mol. The van der Waals surface area contributed by atoms with Gasteiger partial charge in [-0.2, -0.15) is 0 Å². The molecule has 3 aromatic rings. The Labute approximate surface area is 124 Å². The van der Waals surface area contributed by atoms with Gasteiger partial charge in [0.1, 0.15) is 0 Å². The summed E-state index contributed by atoms with van der Waals surface area (Å²) in [5.41, 5.74) is 6.27. The summed E-state index contributed by atoms with van der Waals surface area (Å²) >= 11 is 6.88. The molecule has 0 bridgehead atoms. The number of aromatic amines is 1. The molecule has 2 aromatic heterocycles. The number of nitrogens with zero attached hydrogens (tertiary/aromatic N) is 1. The Balaban J connectivity index is 2.27. The van der Waals surface area contributed by atoms with Crippen LogP contribution in [0.2, 0.25) is 0 Å². The van der Waals surface area contributed by atoms with Crippen molar-refractivity contribution in [1.82, 2.24) is 9.55 Å². The zero-order chi connectivity index (χ0) is 14.1. The molecule has 0 saturated carbocycles. The first-order chi connectivity index (χ1) is 9.69. The van der Waals surface area contributed by atoms with Gasteiger partial charge in [-0.05, 0) is 29.7 Å². The van der Waals surface area contributed by atoms with Crippen molar-refractivity contribution >= 4 is 33.6 Å². The smallest absolute Gasteiger partial charge is 0.252 e. The van der Waals surface area contributed by atoms with E-state index in [0.717, 1.165) is 16.0 Å². The SMILES string of the molecule is NCCn1c(-c2cc3ccccc3s2)cc(=O)[nH]c1=S. The van der Waals surface area contributed by atoms with Gasteiger partial charge in [0.25, 0.3) is 5.56 Å². The molecule has 0 aliphatic rings. The Bertz CT molecular complexity index is 843. The van der Waals surface area contributed by atoms with E-state index in [4.69, 9.17) is 18.0 Å². The summed E-state index contributed by atoms with van der Waals surface area (Å²) in [5, 5.41) is 1.16. The van der Waals surface area contributed by atoms with Crippen LogP contribution in [0.1, 0.15) is 0 Å². The summed E-state index contributed by atoms with van der Waals surface area (Å²) in [6.45, 7) is 1.05. The van der Waals surface area contributed by atoms with Gasteiger partial charge in [-0.3, -0.25) is 9.78 Å². The van der Waals surface area contributed by atoms with Gasteiger partial charge in [0.05, 0.1) is 10.6 Å². The van der Waals surface area contributed by atoms with Crippen molar-refractivity contribution in [3.8, 4) is 10.6 Å². The van der Waals surface area contributed by atoms with Gasteiger partial charge in [-0.25, -0.2) is 0 Å². The average molecular weight is 303 g/mol. The summed E-state index contributed by atoms with van der Waals surface area (Å²) in [7, 11) is 0. The molecule has 3 N–H and O–H groups in total. The number of benzene rings is 1. The third-order valence-electron chi connectivity index (χ3n) is 3.06. The Morgan fingerprint density at radius 2 is 2.10 bits per heavy atom. The number of nitrogens with two attached hydrogens (primary N) is 1. The van der Waals surface area contributed by atoms with E-state index in [9.17, 15) is 4.79 Å². The maximum atomic E-state index is 11.7. The number of fused-ring (bicyclic) bond motifs is 1. The normalized spacial score (nSPS) is 11.1. The number of nitrogens with one attached hydrogen (secondary N) is 1. The molecule has 0 spiro atoms. The van der Waals surface area contributed by atoms with E-state index < -0.39 is 0 Å². The molecule has 20 heavy (non-hydrogen) atoms. The topological polar surface area (TPSA) is 63.8 Å². The molecule has 4 nitrogen and oxygen atoms in total. The minimum atomic E-state index is -0.185. The quantitative estimate of drug-likeness (QED) is 0.731. The lowest BCUT2D eigenvalue weighted by Crippen LogP contribution is -2.18. The van der Waals surface area contributed by atoms with Crippen LogP contribution in [-0.2, 0) is 6.54 Å². The fourth-order valence-corrected chi connectivity index (χ4v) is 3.56. The molecule has 1 aromatic carbocycles. The second-order valence-corrected chi connectivity index (χ2v) is 5.88. The van der Waals surface area contributed by atoms with Crippen molar-refractivity contribution in [1.29, 1.82) is 0 Å². The van der Waals surface area contributed by atoms with E-state index in [2.05, 4.69) is 23.2 Å². The van der Waals surface area contributed by atoms with Crippen LogP contribution in [0.25, 0.3) is 20.7 Å². The van der Waals surface area contributed by atoms with Gasteiger partial charge in [0.15, 0.2) is 4.77 Å². The average Bonchev–Trinajstić information content (AvgIpc) is 2.85. The molecule has 0 aliphatic heterocycles. The van der Waals surface area contributed by atoms with Gasteiger partial charge in [-0.1, -0.05) is 18.2 Å². The first-order valence-corrected chi connectivity index (χ1v) is 7.44. The summed E-state index contributed by atoms with van der Waals surface area (Å²) in [5.74, 6) is 0. The Kier molecular flexibility index (Phi) is 3.52. The molecule has 2 heterocycles. The summed E-state index contributed by atoms with van der Waals surface area (Å²) in [6, 6.07) is 11.8. The number of hydrogen-bond donors (Lipinski definition) is 2. The standard InChI is InChI=1S/C14H13N3OS2/c15-5-6-17-10(8-13(18)16-14(17)19)12-7-9-3-1-2-4-11(9)20-12/h1-4,7-8H,5-6,15H2,(H,16,18,19). The highest BCUT2D eigenvalue weighted by atomic mass is 32.1. The third-order valence-corrected chi connectivity index (χ3v) is 4.53. The van der Waals surface area contributed by atoms with E-state index >= 15 is 0 Å². The van der Waals surface area contributed by atoms with Crippen LogP contribution in [-0.4, -0.2) is 16.1 Å². The first-order valence-electron chi connectivity index (χ1n) is 6.22. The van der Waals surface area contributed by atoms with Gasteiger partial charge >= 0.3 is 0 Å². The van der Waals surface area contributed by atoms with Crippen LogP contribution in [0.4, 0.5) is 0 Å². The molecule has 102 valence electrons. The molecule has 0 unspecified atom stereocenters. The third kappa shape index (κ3) is 2.33. The van der Waals surface area contributed by atoms with E-state index in [0.29, 0.717) is 17.9 Å². The Hall–Kier alpha value is -1.76. The maximum absolute atomic E-state index is 11.7. The second-order valence-electron chi connectivity index (χ2n) is 4.41. The Morgan fingerprint density at radius 3 is 2.85 bits per heavy atom. The lowest BCUT2D eigenvalue weighted by molar-refractivity contribution is 0.681. The van der Waals surface area contributed by atoms with Gasteiger partial charge in [0.2, 0.25) is 0 Å². The lowest BCUT2D eigenvalue weighted by Gasteiger charge is -2.10. The summed E-state index contributed by atoms with van der Waals surface area (Å²) < 4.78 is 3.48. The predicted molar refractivity (Wildman–Crippen MR) is 85.8 cm³/mol. The fourth-order valence-electron chi connectivity index (χ4n) is 2.18.